The highest BCUT2D eigenvalue weighted by Crippen LogP contribution is 2.22. The monoisotopic (exact) mass is 370 g/mol. The van der Waals surface area contributed by atoms with E-state index in [0.29, 0.717) is 43.1 Å². The number of carbonyl (C=O) groups excluding carboxylic acids is 2. The van der Waals surface area contributed by atoms with Gasteiger partial charge in [-0.15, -0.1) is 0 Å². The molecule has 5 nitrogen and oxygen atoms in total. The second-order valence-corrected chi connectivity index (χ2v) is 6.64. The number of piperazine rings is 1. The Kier molecular flexibility index (Phi) is 5.74. The Morgan fingerprint density at radius 1 is 1.04 bits per heavy atom. The highest BCUT2D eigenvalue weighted by Gasteiger charge is 2.26. The van der Waals surface area contributed by atoms with Crippen LogP contribution in [0.1, 0.15) is 21.5 Å². The summed E-state index contributed by atoms with van der Waals surface area (Å²) in [6.07, 6.45) is 0.0341. The van der Waals surface area contributed by atoms with Gasteiger partial charge in [0.15, 0.2) is 0 Å². The lowest BCUT2D eigenvalue weighted by Gasteiger charge is -2.35. The molecule has 27 heavy (non-hydrogen) atoms. The van der Waals surface area contributed by atoms with E-state index >= 15 is 0 Å². The molecule has 1 aliphatic heterocycles. The fourth-order valence-electron chi connectivity index (χ4n) is 3.23. The molecule has 0 atom stereocenters. The maximum absolute atomic E-state index is 13.7. The van der Waals surface area contributed by atoms with Gasteiger partial charge < -0.3 is 14.5 Å². The van der Waals surface area contributed by atoms with Crippen LogP contribution in [0.25, 0.3) is 0 Å². The summed E-state index contributed by atoms with van der Waals surface area (Å²) in [4.78, 5) is 28.7. The van der Waals surface area contributed by atoms with Crippen LogP contribution in [0.3, 0.4) is 0 Å². The summed E-state index contributed by atoms with van der Waals surface area (Å²) >= 11 is 0. The summed E-state index contributed by atoms with van der Waals surface area (Å²) in [6.45, 7) is 3.69. The SMILES string of the molecule is COc1ccc(C)cc1C(=O)N1CCN(C(=O)Cc2ccccc2F)CC1. The van der Waals surface area contributed by atoms with Gasteiger partial charge in [-0.2, -0.15) is 0 Å². The number of halogens is 1. The van der Waals surface area contributed by atoms with Crippen LogP contribution >= 0.6 is 0 Å². The number of aryl methyl sites for hydroxylation is 1. The van der Waals surface area contributed by atoms with Gasteiger partial charge in [0.2, 0.25) is 5.91 Å². The number of hydrogen-bond acceptors (Lipinski definition) is 3. The molecule has 2 aromatic rings. The lowest BCUT2D eigenvalue weighted by atomic mass is 10.1. The van der Waals surface area contributed by atoms with Crippen LogP contribution in [0.5, 0.6) is 5.75 Å². The summed E-state index contributed by atoms with van der Waals surface area (Å²) in [7, 11) is 1.54. The molecule has 0 aromatic heterocycles. The molecule has 1 saturated heterocycles. The average Bonchev–Trinajstić information content (AvgIpc) is 2.69. The van der Waals surface area contributed by atoms with Crippen molar-refractivity contribution in [2.45, 2.75) is 13.3 Å². The second-order valence-electron chi connectivity index (χ2n) is 6.64. The van der Waals surface area contributed by atoms with Crippen molar-refractivity contribution in [3.8, 4) is 5.75 Å². The fourth-order valence-corrected chi connectivity index (χ4v) is 3.23. The fraction of sp³-hybridized carbons (Fsp3) is 0.333. The van der Waals surface area contributed by atoms with E-state index in [0.717, 1.165) is 5.56 Å². The Balaban J connectivity index is 1.62. The van der Waals surface area contributed by atoms with Crippen molar-refractivity contribution < 1.29 is 18.7 Å². The van der Waals surface area contributed by atoms with Crippen LogP contribution in [0.4, 0.5) is 4.39 Å². The van der Waals surface area contributed by atoms with Crippen molar-refractivity contribution >= 4 is 11.8 Å². The predicted octanol–water partition coefficient (Wildman–Crippen LogP) is 2.67. The smallest absolute Gasteiger partial charge is 0.257 e. The first kappa shape index (κ1) is 18.9. The summed E-state index contributed by atoms with van der Waals surface area (Å²) in [5, 5.41) is 0. The molecule has 1 heterocycles. The molecule has 142 valence electrons. The van der Waals surface area contributed by atoms with E-state index in [1.807, 2.05) is 19.1 Å². The summed E-state index contributed by atoms with van der Waals surface area (Å²) < 4.78 is 19.0. The lowest BCUT2D eigenvalue weighted by molar-refractivity contribution is -0.132. The quantitative estimate of drug-likeness (QED) is 0.831. The van der Waals surface area contributed by atoms with Gasteiger partial charge in [0.25, 0.3) is 5.91 Å². The largest absolute Gasteiger partial charge is 0.496 e. The van der Waals surface area contributed by atoms with Crippen LogP contribution in [0.2, 0.25) is 0 Å². The highest BCUT2D eigenvalue weighted by molar-refractivity contribution is 5.97. The molecule has 0 unspecified atom stereocenters. The van der Waals surface area contributed by atoms with Crippen molar-refractivity contribution in [3.05, 3.63) is 65.0 Å². The van der Waals surface area contributed by atoms with Gasteiger partial charge in [-0.1, -0.05) is 29.8 Å². The van der Waals surface area contributed by atoms with Crippen LogP contribution in [-0.2, 0) is 11.2 Å². The molecule has 0 bridgehead atoms. The number of methoxy groups -OCH3 is 1. The minimum atomic E-state index is -0.369. The standard InChI is InChI=1S/C21H23FN2O3/c1-15-7-8-19(27-2)17(13-15)21(26)24-11-9-23(10-12-24)20(25)14-16-5-3-4-6-18(16)22/h3-8,13H,9-12,14H2,1-2H3. The first-order valence-electron chi connectivity index (χ1n) is 8.94. The van der Waals surface area contributed by atoms with Gasteiger partial charge in [0, 0.05) is 26.2 Å². The molecule has 3 rings (SSSR count). The van der Waals surface area contributed by atoms with E-state index in [-0.39, 0.29) is 24.1 Å². The zero-order valence-electron chi connectivity index (χ0n) is 15.6. The summed E-state index contributed by atoms with van der Waals surface area (Å²) in [5.41, 5.74) is 1.91. The van der Waals surface area contributed by atoms with Gasteiger partial charge in [-0.25, -0.2) is 4.39 Å². The van der Waals surface area contributed by atoms with E-state index in [9.17, 15) is 14.0 Å². The third-order valence-electron chi connectivity index (χ3n) is 4.80. The summed E-state index contributed by atoms with van der Waals surface area (Å²) in [6, 6.07) is 11.8. The van der Waals surface area contributed by atoms with Crippen LogP contribution in [0.15, 0.2) is 42.5 Å². The van der Waals surface area contributed by atoms with E-state index in [2.05, 4.69) is 0 Å². The number of rotatable bonds is 4. The van der Waals surface area contributed by atoms with Crippen LogP contribution in [0, 0.1) is 12.7 Å². The number of carbonyl (C=O) groups is 2. The molecule has 2 amide bonds. The van der Waals surface area contributed by atoms with Crippen LogP contribution < -0.4 is 4.74 Å². The Hall–Kier alpha value is -2.89. The molecule has 0 spiro atoms. The number of ether oxygens (including phenoxy) is 1. The third kappa shape index (κ3) is 4.27. The van der Waals surface area contributed by atoms with Gasteiger partial charge in [-0.05, 0) is 30.7 Å². The van der Waals surface area contributed by atoms with Crippen molar-refractivity contribution in [1.82, 2.24) is 9.80 Å². The minimum Gasteiger partial charge on any atom is -0.496 e. The molecule has 6 heteroatoms. The maximum atomic E-state index is 13.7. The van der Waals surface area contributed by atoms with Crippen LogP contribution in [-0.4, -0.2) is 54.9 Å². The lowest BCUT2D eigenvalue weighted by Crippen LogP contribution is -2.51. The normalized spacial score (nSPS) is 14.2. The number of benzene rings is 2. The van der Waals surface area contributed by atoms with Crippen molar-refractivity contribution in [1.29, 1.82) is 0 Å². The number of hydrogen-bond donors (Lipinski definition) is 0. The summed E-state index contributed by atoms with van der Waals surface area (Å²) in [5.74, 6) is -0.0491. The molecule has 0 radical (unpaired) electrons. The molecule has 0 N–H and O–H groups in total. The average molecular weight is 370 g/mol. The Labute approximate surface area is 158 Å². The molecular formula is C21H23FN2O3. The molecule has 1 aliphatic rings. The first-order chi connectivity index (χ1) is 13.0. The number of amides is 2. The second kappa shape index (κ2) is 8.20. The molecule has 0 aliphatic carbocycles. The maximum Gasteiger partial charge on any atom is 0.257 e. The zero-order valence-corrected chi connectivity index (χ0v) is 15.6. The van der Waals surface area contributed by atoms with E-state index in [1.54, 1.807) is 41.2 Å². The molecule has 1 fully saturated rings. The van der Waals surface area contributed by atoms with Gasteiger partial charge >= 0.3 is 0 Å². The van der Waals surface area contributed by atoms with E-state index in [4.69, 9.17) is 4.74 Å². The van der Waals surface area contributed by atoms with E-state index < -0.39 is 0 Å². The van der Waals surface area contributed by atoms with Crippen molar-refractivity contribution in [3.63, 3.8) is 0 Å². The van der Waals surface area contributed by atoms with Crippen molar-refractivity contribution in [2.75, 3.05) is 33.3 Å². The van der Waals surface area contributed by atoms with Gasteiger partial charge in [0.05, 0.1) is 19.1 Å². The molecular weight excluding hydrogens is 347 g/mol. The van der Waals surface area contributed by atoms with E-state index in [1.165, 1.54) is 6.07 Å². The Morgan fingerprint density at radius 3 is 2.37 bits per heavy atom. The first-order valence-corrected chi connectivity index (χ1v) is 8.94. The Bertz CT molecular complexity index is 845. The van der Waals surface area contributed by atoms with Gasteiger partial charge in [-0.3, -0.25) is 9.59 Å². The zero-order chi connectivity index (χ0) is 19.4. The predicted molar refractivity (Wildman–Crippen MR) is 100 cm³/mol. The molecule has 0 saturated carbocycles. The topological polar surface area (TPSA) is 49.9 Å². The minimum absolute atomic E-state index is 0.0341. The van der Waals surface area contributed by atoms with Gasteiger partial charge in [0.1, 0.15) is 11.6 Å². The Morgan fingerprint density at radius 2 is 1.70 bits per heavy atom. The molecule has 2 aromatic carbocycles. The number of nitrogens with zero attached hydrogens (tertiary/aromatic N) is 2. The third-order valence-corrected chi connectivity index (χ3v) is 4.80. The highest BCUT2D eigenvalue weighted by atomic mass is 19.1. The van der Waals surface area contributed by atoms with Crippen molar-refractivity contribution in [2.24, 2.45) is 0 Å².